The Hall–Kier alpha value is -1.97. The van der Waals surface area contributed by atoms with Crippen LogP contribution >= 0.6 is 0 Å². The number of nitrogens with zero attached hydrogens (tertiary/aromatic N) is 1. The molecule has 0 saturated carbocycles. The Morgan fingerprint density at radius 2 is 2.07 bits per heavy atom. The van der Waals surface area contributed by atoms with Crippen molar-refractivity contribution in [3.63, 3.8) is 0 Å². The van der Waals surface area contributed by atoms with Crippen molar-refractivity contribution >= 4 is 21.9 Å². The van der Waals surface area contributed by atoms with Gasteiger partial charge in [0.1, 0.15) is 0 Å². The molecule has 28 heavy (non-hydrogen) atoms. The minimum absolute atomic E-state index is 0.0490. The van der Waals surface area contributed by atoms with E-state index >= 15 is 0 Å². The molecule has 1 aliphatic rings. The third-order valence-corrected chi connectivity index (χ3v) is 6.69. The highest BCUT2D eigenvalue weighted by molar-refractivity contribution is 7.89. The van der Waals surface area contributed by atoms with Crippen molar-refractivity contribution in [3.05, 3.63) is 29.8 Å². The lowest BCUT2D eigenvalue weighted by Gasteiger charge is -2.32. The minimum Gasteiger partial charge on any atom is -0.449 e. The molecule has 1 aliphatic heterocycles. The summed E-state index contributed by atoms with van der Waals surface area (Å²) in [6.45, 7) is 4.46. The van der Waals surface area contributed by atoms with Gasteiger partial charge < -0.3 is 14.8 Å². The number of nitrogens with one attached hydrogen (secondary N) is 1. The van der Waals surface area contributed by atoms with Crippen LogP contribution in [0.3, 0.4) is 0 Å². The van der Waals surface area contributed by atoms with Gasteiger partial charge in [-0.05, 0) is 44.9 Å². The molecule has 1 aromatic carbocycles. The molecule has 1 amide bonds. The molecule has 0 aromatic heterocycles. The lowest BCUT2D eigenvalue weighted by molar-refractivity contribution is -0.129. The molecule has 156 valence electrons. The zero-order valence-corrected chi connectivity index (χ0v) is 17.3. The maximum Gasteiger partial charge on any atom is 0.338 e. The fourth-order valence-electron chi connectivity index (χ4n) is 3.05. The largest absolute Gasteiger partial charge is 0.449 e. The van der Waals surface area contributed by atoms with Crippen LogP contribution in [0.1, 0.15) is 43.5 Å². The highest BCUT2D eigenvalue weighted by atomic mass is 32.2. The second-order valence-corrected chi connectivity index (χ2v) is 8.71. The molecule has 1 N–H and O–H groups in total. The number of esters is 1. The van der Waals surface area contributed by atoms with Crippen LogP contribution in [0.15, 0.2) is 29.2 Å². The van der Waals surface area contributed by atoms with Gasteiger partial charge in [0.25, 0.3) is 5.91 Å². The average molecular weight is 413 g/mol. The molecule has 1 fully saturated rings. The first-order valence-electron chi connectivity index (χ1n) is 9.37. The quantitative estimate of drug-likeness (QED) is 0.514. The third kappa shape index (κ3) is 5.52. The highest BCUT2D eigenvalue weighted by Crippen LogP contribution is 2.25. The number of carbonyl (C=O) groups excluding carboxylic acids is 2. The summed E-state index contributed by atoms with van der Waals surface area (Å²) in [7, 11) is -2.18. The molecule has 0 bridgehead atoms. The lowest BCUT2D eigenvalue weighted by atomic mass is 10.1. The predicted molar refractivity (Wildman–Crippen MR) is 103 cm³/mol. The number of carbonyl (C=O) groups is 2. The van der Waals surface area contributed by atoms with Crippen LogP contribution in [-0.4, -0.2) is 63.6 Å². The summed E-state index contributed by atoms with van der Waals surface area (Å²) in [4.78, 5) is 24.3. The maximum atomic E-state index is 12.9. The topological polar surface area (TPSA) is 102 Å². The van der Waals surface area contributed by atoms with Crippen molar-refractivity contribution in [3.8, 4) is 0 Å². The van der Waals surface area contributed by atoms with Gasteiger partial charge in [0.15, 0.2) is 6.10 Å². The van der Waals surface area contributed by atoms with Gasteiger partial charge in [-0.2, -0.15) is 4.31 Å². The summed E-state index contributed by atoms with van der Waals surface area (Å²) < 4.78 is 37.4. The van der Waals surface area contributed by atoms with E-state index in [2.05, 4.69) is 5.32 Å². The van der Waals surface area contributed by atoms with Crippen molar-refractivity contribution < 1.29 is 27.5 Å². The maximum absolute atomic E-state index is 12.9. The van der Waals surface area contributed by atoms with E-state index in [0.717, 1.165) is 19.3 Å². The van der Waals surface area contributed by atoms with Gasteiger partial charge in [-0.1, -0.05) is 12.5 Å². The number of hydrogen-bond donors (Lipinski definition) is 1. The van der Waals surface area contributed by atoms with E-state index in [9.17, 15) is 18.0 Å². The van der Waals surface area contributed by atoms with E-state index in [4.69, 9.17) is 9.47 Å². The normalized spacial score (nSPS) is 19.0. The summed E-state index contributed by atoms with van der Waals surface area (Å²) in [6, 6.07) is 5.66. The van der Waals surface area contributed by atoms with Crippen molar-refractivity contribution in [2.75, 3.05) is 26.8 Å². The zero-order chi connectivity index (χ0) is 20.7. The molecular formula is C19H28N2O6S. The van der Waals surface area contributed by atoms with E-state index in [1.807, 2.05) is 6.92 Å². The van der Waals surface area contributed by atoms with E-state index in [1.165, 1.54) is 42.6 Å². The van der Waals surface area contributed by atoms with Gasteiger partial charge in [-0.15, -0.1) is 0 Å². The Labute approximate surface area is 166 Å². The molecule has 0 aliphatic carbocycles. The van der Waals surface area contributed by atoms with Gasteiger partial charge in [-0.3, -0.25) is 4.79 Å². The Kier molecular flexibility index (Phi) is 7.97. The molecule has 1 aromatic rings. The smallest absolute Gasteiger partial charge is 0.338 e. The molecule has 8 nitrogen and oxygen atoms in total. The molecule has 0 unspecified atom stereocenters. The number of methoxy groups -OCH3 is 1. The second kappa shape index (κ2) is 9.99. The number of sulfonamides is 1. The average Bonchev–Trinajstić information content (AvgIpc) is 2.68. The van der Waals surface area contributed by atoms with Crippen molar-refractivity contribution in [2.24, 2.45) is 0 Å². The zero-order valence-electron chi connectivity index (χ0n) is 16.5. The van der Waals surface area contributed by atoms with E-state index in [0.29, 0.717) is 19.7 Å². The monoisotopic (exact) mass is 412 g/mol. The molecule has 9 heteroatoms. The van der Waals surface area contributed by atoms with Crippen LogP contribution in [0.25, 0.3) is 0 Å². The SMILES string of the molecule is COCCNC(=O)[C@H](C)OC(=O)c1cccc(S(=O)(=O)N2CCCC[C@@H]2C)c1. The first-order valence-corrected chi connectivity index (χ1v) is 10.8. The number of benzene rings is 1. The summed E-state index contributed by atoms with van der Waals surface area (Å²) in [5.41, 5.74) is 0.0854. The summed E-state index contributed by atoms with van der Waals surface area (Å²) in [6.07, 6.45) is 1.63. The Morgan fingerprint density at radius 1 is 1.32 bits per heavy atom. The van der Waals surface area contributed by atoms with E-state index < -0.39 is 28.0 Å². The summed E-state index contributed by atoms with van der Waals surface area (Å²) in [5.74, 6) is -1.20. The molecule has 2 atom stereocenters. The molecule has 1 saturated heterocycles. The molecular weight excluding hydrogens is 384 g/mol. The van der Waals surface area contributed by atoms with Crippen LogP contribution in [0.2, 0.25) is 0 Å². The molecule has 0 spiro atoms. The standard InChI is InChI=1S/C19H28N2O6S/c1-14-7-4-5-11-21(14)28(24,25)17-9-6-8-16(13-17)19(23)27-15(2)18(22)20-10-12-26-3/h6,8-9,13-15H,4-5,7,10-12H2,1-3H3,(H,20,22)/t14-,15-/m0/s1. The first kappa shape index (κ1) is 22.3. The van der Waals surface area contributed by atoms with Crippen LogP contribution in [0.5, 0.6) is 0 Å². The van der Waals surface area contributed by atoms with Crippen LogP contribution in [-0.2, 0) is 24.3 Å². The number of rotatable bonds is 8. The summed E-state index contributed by atoms with van der Waals surface area (Å²) in [5, 5.41) is 2.58. The van der Waals surface area contributed by atoms with Gasteiger partial charge in [0.05, 0.1) is 17.1 Å². The molecule has 1 heterocycles. The number of piperidine rings is 1. The van der Waals surface area contributed by atoms with Crippen molar-refractivity contribution in [1.82, 2.24) is 9.62 Å². The third-order valence-electron chi connectivity index (χ3n) is 4.68. The van der Waals surface area contributed by atoms with Gasteiger partial charge >= 0.3 is 5.97 Å². The number of amides is 1. The van der Waals surface area contributed by atoms with E-state index in [-0.39, 0.29) is 16.5 Å². The Morgan fingerprint density at radius 3 is 2.75 bits per heavy atom. The Bertz CT molecular complexity index is 795. The fourth-order valence-corrected chi connectivity index (χ4v) is 4.80. The minimum atomic E-state index is -3.69. The molecule has 0 radical (unpaired) electrons. The van der Waals surface area contributed by atoms with Gasteiger partial charge in [-0.25, -0.2) is 13.2 Å². The lowest BCUT2D eigenvalue weighted by Crippen LogP contribution is -2.42. The van der Waals surface area contributed by atoms with Crippen LogP contribution in [0.4, 0.5) is 0 Å². The van der Waals surface area contributed by atoms with Crippen LogP contribution < -0.4 is 5.32 Å². The summed E-state index contributed by atoms with van der Waals surface area (Å²) >= 11 is 0. The van der Waals surface area contributed by atoms with E-state index in [1.54, 1.807) is 0 Å². The fraction of sp³-hybridized carbons (Fsp3) is 0.579. The van der Waals surface area contributed by atoms with Crippen LogP contribution in [0, 0.1) is 0 Å². The van der Waals surface area contributed by atoms with Gasteiger partial charge in [0.2, 0.25) is 10.0 Å². The Balaban J connectivity index is 2.09. The highest BCUT2D eigenvalue weighted by Gasteiger charge is 2.31. The first-order chi connectivity index (χ1) is 13.3. The molecule has 2 rings (SSSR count). The number of hydrogen-bond acceptors (Lipinski definition) is 6. The predicted octanol–water partition coefficient (Wildman–Crippen LogP) is 1.56. The van der Waals surface area contributed by atoms with Crippen molar-refractivity contribution in [1.29, 1.82) is 0 Å². The number of ether oxygens (including phenoxy) is 2. The van der Waals surface area contributed by atoms with Crippen molar-refractivity contribution in [2.45, 2.75) is 50.2 Å². The second-order valence-electron chi connectivity index (χ2n) is 6.82. The van der Waals surface area contributed by atoms with Gasteiger partial charge in [0, 0.05) is 26.2 Å².